The summed E-state index contributed by atoms with van der Waals surface area (Å²) in [5, 5.41) is 8.93. The van der Waals surface area contributed by atoms with E-state index < -0.39 is 5.38 Å². The molecule has 0 bridgehead atoms. The molecule has 0 aliphatic rings. The molecule has 16 heavy (non-hydrogen) atoms. The molecule has 0 N–H and O–H groups in total. The highest BCUT2D eigenvalue weighted by Gasteiger charge is 2.07. The summed E-state index contributed by atoms with van der Waals surface area (Å²) >= 11 is 5.75. The number of nitrogens with zero attached hydrogens (tertiary/aromatic N) is 2. The topological polar surface area (TPSA) is 45.8 Å². The van der Waals surface area contributed by atoms with Gasteiger partial charge in [-0.3, -0.25) is 4.79 Å². The molecule has 0 aliphatic carbocycles. The largest absolute Gasteiger partial charge is 0.306 e. The van der Waals surface area contributed by atoms with Crippen molar-refractivity contribution in [2.24, 2.45) is 0 Å². The Kier molecular flexibility index (Phi) is 2.93. The number of hydrogen-bond acceptors (Lipinski definition) is 2. The molecule has 0 amide bonds. The van der Waals surface area contributed by atoms with Crippen LogP contribution in [0.4, 0.5) is 0 Å². The Morgan fingerprint density at radius 3 is 2.81 bits per heavy atom. The summed E-state index contributed by atoms with van der Waals surface area (Å²) in [4.78, 5) is 11.7. The van der Waals surface area contributed by atoms with Crippen LogP contribution in [0.5, 0.6) is 0 Å². The van der Waals surface area contributed by atoms with Gasteiger partial charge in [0.05, 0.1) is 18.1 Å². The Morgan fingerprint density at radius 2 is 2.06 bits per heavy atom. The first kappa shape index (κ1) is 10.7. The van der Waals surface area contributed by atoms with Crippen LogP contribution in [0, 0.1) is 11.3 Å². The lowest BCUT2D eigenvalue weighted by Crippen LogP contribution is -2.23. The van der Waals surface area contributed by atoms with Crippen LogP contribution in [0.25, 0.3) is 10.9 Å². The van der Waals surface area contributed by atoms with Crippen LogP contribution >= 0.6 is 11.6 Å². The van der Waals surface area contributed by atoms with E-state index in [1.807, 2.05) is 30.3 Å². The minimum atomic E-state index is -0.691. The maximum atomic E-state index is 11.7. The van der Waals surface area contributed by atoms with Crippen molar-refractivity contribution in [3.05, 3.63) is 46.8 Å². The van der Waals surface area contributed by atoms with Crippen molar-refractivity contribution in [2.45, 2.75) is 11.9 Å². The molecule has 1 heterocycles. The van der Waals surface area contributed by atoms with E-state index in [4.69, 9.17) is 16.9 Å². The van der Waals surface area contributed by atoms with Gasteiger partial charge in [0.15, 0.2) is 0 Å². The number of aromatic nitrogens is 1. The molecule has 0 aliphatic heterocycles. The zero-order valence-electron chi connectivity index (χ0n) is 8.43. The fraction of sp³-hybridized carbons (Fsp3) is 0.167. The lowest BCUT2D eigenvalue weighted by Gasteiger charge is -2.09. The van der Waals surface area contributed by atoms with Crippen molar-refractivity contribution >= 4 is 22.5 Å². The quantitative estimate of drug-likeness (QED) is 0.745. The lowest BCUT2D eigenvalue weighted by molar-refractivity contribution is 0.719. The first-order valence-electron chi connectivity index (χ1n) is 4.84. The standard InChI is InChI=1S/C12H9ClN2O/c13-10(7-14)8-15-11-4-2-1-3-9(11)5-6-12(15)16/h1-6,10H,8H2. The molecule has 2 aromatic rings. The molecular formula is C12H9ClN2O. The second-order valence-corrected chi connectivity index (χ2v) is 3.96. The van der Waals surface area contributed by atoms with Gasteiger partial charge in [0.1, 0.15) is 5.38 Å². The molecule has 2 rings (SSSR count). The molecule has 0 spiro atoms. The van der Waals surface area contributed by atoms with Crippen LogP contribution < -0.4 is 5.56 Å². The number of nitriles is 1. The van der Waals surface area contributed by atoms with Crippen LogP contribution in [0.3, 0.4) is 0 Å². The van der Waals surface area contributed by atoms with Gasteiger partial charge in [-0.05, 0) is 17.5 Å². The van der Waals surface area contributed by atoms with Gasteiger partial charge >= 0.3 is 0 Å². The number of alkyl halides is 1. The van der Waals surface area contributed by atoms with Crippen molar-refractivity contribution in [3.63, 3.8) is 0 Å². The van der Waals surface area contributed by atoms with Crippen molar-refractivity contribution in [1.82, 2.24) is 4.57 Å². The molecule has 0 saturated carbocycles. The molecule has 0 radical (unpaired) electrons. The van der Waals surface area contributed by atoms with Crippen molar-refractivity contribution < 1.29 is 0 Å². The Balaban J connectivity index is 2.63. The van der Waals surface area contributed by atoms with E-state index in [0.29, 0.717) is 0 Å². The summed E-state index contributed by atoms with van der Waals surface area (Å²) in [5.41, 5.74) is 0.663. The van der Waals surface area contributed by atoms with E-state index in [1.54, 1.807) is 6.07 Å². The first-order valence-corrected chi connectivity index (χ1v) is 5.28. The number of hydrogen-bond donors (Lipinski definition) is 0. The van der Waals surface area contributed by atoms with E-state index in [0.717, 1.165) is 10.9 Å². The maximum Gasteiger partial charge on any atom is 0.251 e. The zero-order valence-corrected chi connectivity index (χ0v) is 9.19. The van der Waals surface area contributed by atoms with Crippen molar-refractivity contribution in [1.29, 1.82) is 5.26 Å². The second kappa shape index (κ2) is 4.38. The van der Waals surface area contributed by atoms with Gasteiger partial charge < -0.3 is 4.57 Å². The third-order valence-electron chi connectivity index (χ3n) is 2.38. The summed E-state index contributed by atoms with van der Waals surface area (Å²) in [5.74, 6) is 0. The average molecular weight is 233 g/mol. The first-order chi connectivity index (χ1) is 7.72. The Labute approximate surface area is 97.5 Å². The molecule has 0 saturated heterocycles. The monoisotopic (exact) mass is 232 g/mol. The highest BCUT2D eigenvalue weighted by Crippen LogP contribution is 2.12. The van der Waals surface area contributed by atoms with Crippen LogP contribution in [-0.2, 0) is 6.54 Å². The number of halogens is 1. The third kappa shape index (κ3) is 1.93. The molecule has 80 valence electrons. The molecule has 1 atom stereocenters. The Hall–Kier alpha value is -1.79. The number of rotatable bonds is 2. The van der Waals surface area contributed by atoms with Crippen LogP contribution in [0.15, 0.2) is 41.2 Å². The summed E-state index contributed by atoms with van der Waals surface area (Å²) in [6.07, 6.45) is 0. The summed E-state index contributed by atoms with van der Waals surface area (Å²) in [6, 6.07) is 12.7. The third-order valence-corrected chi connectivity index (χ3v) is 2.62. The van der Waals surface area contributed by atoms with Gasteiger partial charge in [0.2, 0.25) is 0 Å². The molecular weight excluding hydrogens is 224 g/mol. The normalized spacial score (nSPS) is 12.2. The molecule has 1 aromatic carbocycles. The molecule has 3 nitrogen and oxygen atoms in total. The molecule has 1 unspecified atom stereocenters. The number of benzene rings is 1. The smallest absolute Gasteiger partial charge is 0.251 e. The van der Waals surface area contributed by atoms with E-state index >= 15 is 0 Å². The van der Waals surface area contributed by atoms with Gasteiger partial charge in [-0.2, -0.15) is 5.26 Å². The van der Waals surface area contributed by atoms with Crippen LogP contribution in [-0.4, -0.2) is 9.94 Å². The van der Waals surface area contributed by atoms with E-state index in [2.05, 4.69) is 0 Å². The lowest BCUT2D eigenvalue weighted by atomic mass is 10.2. The highest BCUT2D eigenvalue weighted by molar-refractivity contribution is 6.22. The second-order valence-electron chi connectivity index (χ2n) is 3.44. The van der Waals surface area contributed by atoms with Gasteiger partial charge in [0, 0.05) is 6.07 Å². The van der Waals surface area contributed by atoms with Crippen molar-refractivity contribution in [2.75, 3.05) is 0 Å². The van der Waals surface area contributed by atoms with Gasteiger partial charge in [0.25, 0.3) is 5.56 Å². The van der Waals surface area contributed by atoms with Crippen LogP contribution in [0.1, 0.15) is 0 Å². The van der Waals surface area contributed by atoms with E-state index in [9.17, 15) is 4.79 Å². The van der Waals surface area contributed by atoms with Crippen LogP contribution in [0.2, 0.25) is 0 Å². The number of para-hydroxylation sites is 1. The fourth-order valence-electron chi connectivity index (χ4n) is 1.63. The van der Waals surface area contributed by atoms with E-state index in [-0.39, 0.29) is 12.1 Å². The number of fused-ring (bicyclic) bond motifs is 1. The minimum absolute atomic E-state index is 0.139. The molecule has 1 aromatic heterocycles. The van der Waals surface area contributed by atoms with E-state index in [1.165, 1.54) is 10.6 Å². The number of pyridine rings is 1. The van der Waals surface area contributed by atoms with Crippen molar-refractivity contribution in [3.8, 4) is 6.07 Å². The van der Waals surface area contributed by atoms with Gasteiger partial charge in [-0.25, -0.2) is 0 Å². The summed E-state index contributed by atoms with van der Waals surface area (Å²) < 4.78 is 1.52. The average Bonchev–Trinajstić information content (AvgIpc) is 2.32. The minimum Gasteiger partial charge on any atom is -0.306 e. The van der Waals surface area contributed by atoms with Gasteiger partial charge in [-0.15, -0.1) is 11.6 Å². The summed E-state index contributed by atoms with van der Waals surface area (Å²) in [6.45, 7) is 0.207. The Morgan fingerprint density at radius 1 is 1.31 bits per heavy atom. The maximum absolute atomic E-state index is 11.7. The SMILES string of the molecule is N#CC(Cl)Cn1c(=O)ccc2ccccc21. The fourth-order valence-corrected chi connectivity index (χ4v) is 1.77. The molecule has 4 heteroatoms. The predicted octanol–water partition coefficient (Wildman–Crippen LogP) is 2.13. The zero-order chi connectivity index (χ0) is 11.5. The Bertz CT molecular complexity index is 612. The van der Waals surface area contributed by atoms with Gasteiger partial charge in [-0.1, -0.05) is 18.2 Å². The predicted molar refractivity (Wildman–Crippen MR) is 63.5 cm³/mol. The summed E-state index contributed by atoms with van der Waals surface area (Å²) in [7, 11) is 0. The highest BCUT2D eigenvalue weighted by atomic mass is 35.5. The molecule has 0 fully saturated rings.